The van der Waals surface area contributed by atoms with E-state index in [0.29, 0.717) is 11.3 Å². The molecular formula is C15H11N3O. The van der Waals surface area contributed by atoms with Crippen molar-refractivity contribution in [3.05, 3.63) is 71.1 Å². The Hall–Kier alpha value is -2.75. The van der Waals surface area contributed by atoms with Crippen LogP contribution in [0.25, 0.3) is 22.5 Å². The molecule has 0 aliphatic carbocycles. The van der Waals surface area contributed by atoms with E-state index in [4.69, 9.17) is 0 Å². The summed E-state index contributed by atoms with van der Waals surface area (Å²) in [6.07, 6.45) is 1.66. The lowest BCUT2D eigenvalue weighted by atomic mass is 10.1. The summed E-state index contributed by atoms with van der Waals surface area (Å²) in [5.41, 5.74) is 2.60. The molecule has 1 aromatic carbocycles. The summed E-state index contributed by atoms with van der Waals surface area (Å²) in [5, 5.41) is 6.59. The molecule has 19 heavy (non-hydrogen) atoms. The largest absolute Gasteiger partial charge is 0.273 e. The van der Waals surface area contributed by atoms with Gasteiger partial charge in [-0.05, 0) is 18.2 Å². The maximum atomic E-state index is 11.8. The van der Waals surface area contributed by atoms with Crippen molar-refractivity contribution >= 4 is 0 Å². The summed E-state index contributed by atoms with van der Waals surface area (Å²) in [7, 11) is 0. The minimum absolute atomic E-state index is 0.238. The van der Waals surface area contributed by atoms with Crippen molar-refractivity contribution in [3.63, 3.8) is 0 Å². The Morgan fingerprint density at radius 1 is 0.895 bits per heavy atom. The Bertz CT molecular complexity index is 736. The maximum absolute atomic E-state index is 11.8. The van der Waals surface area contributed by atoms with Crippen LogP contribution >= 0.6 is 0 Å². The van der Waals surface area contributed by atoms with Crippen LogP contribution < -0.4 is 5.56 Å². The van der Waals surface area contributed by atoms with Crippen molar-refractivity contribution in [1.29, 1.82) is 0 Å². The number of aromatic amines is 1. The van der Waals surface area contributed by atoms with Gasteiger partial charge in [0.1, 0.15) is 0 Å². The molecule has 0 radical (unpaired) electrons. The first kappa shape index (κ1) is 11.3. The highest BCUT2D eigenvalue weighted by atomic mass is 16.1. The molecule has 0 atom stereocenters. The lowest BCUT2D eigenvalue weighted by Crippen LogP contribution is -2.11. The van der Waals surface area contributed by atoms with E-state index in [1.54, 1.807) is 18.3 Å². The average Bonchev–Trinajstić information content (AvgIpc) is 2.49. The molecule has 0 saturated carbocycles. The number of nitrogens with zero attached hydrogens (tertiary/aromatic N) is 2. The molecule has 3 rings (SSSR count). The van der Waals surface area contributed by atoms with Crippen LogP contribution in [0.5, 0.6) is 0 Å². The zero-order chi connectivity index (χ0) is 13.1. The van der Waals surface area contributed by atoms with Gasteiger partial charge in [0.15, 0.2) is 0 Å². The summed E-state index contributed by atoms with van der Waals surface area (Å²) in [4.78, 5) is 16.0. The second-order valence-corrected chi connectivity index (χ2v) is 4.08. The Labute approximate surface area is 109 Å². The number of hydrogen-bond donors (Lipinski definition) is 1. The van der Waals surface area contributed by atoms with Crippen molar-refractivity contribution < 1.29 is 0 Å². The standard InChI is InChI=1S/C15H11N3O/c19-15-12(13-8-4-5-9-16-13)10-14(17-18-15)11-6-2-1-3-7-11/h1-10H,(H,18,19). The summed E-state index contributed by atoms with van der Waals surface area (Å²) in [6.45, 7) is 0. The van der Waals surface area contributed by atoms with E-state index in [2.05, 4.69) is 15.2 Å². The Kier molecular flexibility index (Phi) is 2.90. The topological polar surface area (TPSA) is 58.6 Å². The fraction of sp³-hybridized carbons (Fsp3) is 0. The van der Waals surface area contributed by atoms with Gasteiger partial charge in [-0.15, -0.1) is 0 Å². The van der Waals surface area contributed by atoms with Gasteiger partial charge in [0.25, 0.3) is 5.56 Å². The number of rotatable bonds is 2. The predicted octanol–water partition coefficient (Wildman–Crippen LogP) is 2.50. The van der Waals surface area contributed by atoms with Crippen LogP contribution in [-0.4, -0.2) is 15.2 Å². The minimum atomic E-state index is -0.238. The average molecular weight is 249 g/mol. The molecule has 2 heterocycles. The van der Waals surface area contributed by atoms with Gasteiger partial charge >= 0.3 is 0 Å². The summed E-state index contributed by atoms with van der Waals surface area (Å²) < 4.78 is 0. The van der Waals surface area contributed by atoms with Crippen LogP contribution in [-0.2, 0) is 0 Å². The number of hydrogen-bond acceptors (Lipinski definition) is 3. The molecule has 1 N–H and O–H groups in total. The van der Waals surface area contributed by atoms with Crippen molar-refractivity contribution in [2.75, 3.05) is 0 Å². The monoisotopic (exact) mass is 249 g/mol. The molecule has 92 valence electrons. The van der Waals surface area contributed by atoms with Crippen LogP contribution in [0.1, 0.15) is 0 Å². The van der Waals surface area contributed by atoms with Gasteiger partial charge in [-0.3, -0.25) is 9.78 Å². The highest BCUT2D eigenvalue weighted by Crippen LogP contribution is 2.19. The number of nitrogens with one attached hydrogen (secondary N) is 1. The molecular weight excluding hydrogens is 238 g/mol. The first-order chi connectivity index (χ1) is 9.34. The summed E-state index contributed by atoms with van der Waals surface area (Å²) in [6, 6.07) is 16.9. The highest BCUT2D eigenvalue weighted by Gasteiger charge is 2.07. The van der Waals surface area contributed by atoms with Crippen molar-refractivity contribution in [2.45, 2.75) is 0 Å². The molecule has 4 nitrogen and oxygen atoms in total. The molecule has 0 amide bonds. The van der Waals surface area contributed by atoms with Crippen LogP contribution in [0.2, 0.25) is 0 Å². The molecule has 2 aromatic heterocycles. The number of H-pyrrole nitrogens is 1. The van der Waals surface area contributed by atoms with Crippen LogP contribution in [0, 0.1) is 0 Å². The van der Waals surface area contributed by atoms with Gasteiger partial charge < -0.3 is 0 Å². The normalized spacial score (nSPS) is 10.3. The van der Waals surface area contributed by atoms with Crippen LogP contribution in [0.4, 0.5) is 0 Å². The second kappa shape index (κ2) is 4.86. The van der Waals surface area contributed by atoms with E-state index in [-0.39, 0.29) is 5.56 Å². The SMILES string of the molecule is O=c1[nH]nc(-c2ccccc2)cc1-c1ccccn1. The summed E-state index contributed by atoms with van der Waals surface area (Å²) >= 11 is 0. The smallest absolute Gasteiger partial charge is 0.267 e. The zero-order valence-electron chi connectivity index (χ0n) is 10.1. The van der Waals surface area contributed by atoms with Crippen LogP contribution in [0.3, 0.4) is 0 Å². The third-order valence-electron chi connectivity index (χ3n) is 2.81. The molecule has 0 spiro atoms. The maximum Gasteiger partial charge on any atom is 0.273 e. The third kappa shape index (κ3) is 2.28. The molecule has 3 aromatic rings. The fourth-order valence-corrected chi connectivity index (χ4v) is 1.87. The number of aromatic nitrogens is 3. The van der Waals surface area contributed by atoms with E-state index < -0.39 is 0 Å². The van der Waals surface area contributed by atoms with Crippen molar-refractivity contribution in [1.82, 2.24) is 15.2 Å². The lowest BCUT2D eigenvalue weighted by Gasteiger charge is -2.03. The second-order valence-electron chi connectivity index (χ2n) is 4.08. The van der Waals surface area contributed by atoms with Crippen LogP contribution in [0.15, 0.2) is 65.6 Å². The summed E-state index contributed by atoms with van der Waals surface area (Å²) in [5.74, 6) is 0. The molecule has 0 saturated heterocycles. The van der Waals surface area contributed by atoms with Gasteiger partial charge in [0, 0.05) is 11.8 Å². The van der Waals surface area contributed by atoms with Crippen molar-refractivity contribution in [3.8, 4) is 22.5 Å². The third-order valence-corrected chi connectivity index (χ3v) is 2.81. The van der Waals surface area contributed by atoms with E-state index in [0.717, 1.165) is 11.3 Å². The Morgan fingerprint density at radius 2 is 1.68 bits per heavy atom. The molecule has 0 fully saturated rings. The van der Waals surface area contributed by atoms with Crippen molar-refractivity contribution in [2.24, 2.45) is 0 Å². The van der Waals surface area contributed by atoms with Gasteiger partial charge in [0.2, 0.25) is 0 Å². The fourth-order valence-electron chi connectivity index (χ4n) is 1.87. The zero-order valence-corrected chi connectivity index (χ0v) is 10.1. The van der Waals surface area contributed by atoms with Gasteiger partial charge in [-0.25, -0.2) is 5.10 Å². The molecule has 4 heteroatoms. The number of benzene rings is 1. The molecule has 0 bridgehead atoms. The van der Waals surface area contributed by atoms with E-state index >= 15 is 0 Å². The quantitative estimate of drug-likeness (QED) is 0.759. The van der Waals surface area contributed by atoms with Gasteiger partial charge in [-0.2, -0.15) is 5.10 Å². The highest BCUT2D eigenvalue weighted by molar-refractivity contribution is 5.66. The van der Waals surface area contributed by atoms with E-state index in [1.807, 2.05) is 42.5 Å². The van der Waals surface area contributed by atoms with Gasteiger partial charge in [-0.1, -0.05) is 36.4 Å². The molecule has 0 unspecified atom stereocenters. The first-order valence-corrected chi connectivity index (χ1v) is 5.91. The van der Waals surface area contributed by atoms with E-state index in [9.17, 15) is 4.79 Å². The van der Waals surface area contributed by atoms with Gasteiger partial charge in [0.05, 0.1) is 17.0 Å². The first-order valence-electron chi connectivity index (χ1n) is 5.91. The number of pyridine rings is 1. The van der Waals surface area contributed by atoms with E-state index in [1.165, 1.54) is 0 Å². The Morgan fingerprint density at radius 3 is 2.42 bits per heavy atom. The lowest BCUT2D eigenvalue weighted by molar-refractivity contribution is 0.995. The molecule has 0 aliphatic rings. The Balaban J connectivity index is 2.15. The minimum Gasteiger partial charge on any atom is -0.267 e. The molecule has 0 aliphatic heterocycles. The predicted molar refractivity (Wildman–Crippen MR) is 73.5 cm³/mol.